The van der Waals surface area contributed by atoms with Crippen LogP contribution in [0.25, 0.3) is 0 Å². The maximum Gasteiger partial charge on any atom is 0.321 e. The van der Waals surface area contributed by atoms with Crippen LogP contribution in [0.2, 0.25) is 0 Å². The summed E-state index contributed by atoms with van der Waals surface area (Å²) < 4.78 is 0. The molecular weight excluding hydrogens is 173 g/mol. The highest BCUT2D eigenvalue weighted by Gasteiger charge is 2.11. The molecule has 0 heterocycles. The van der Waals surface area contributed by atoms with Crippen molar-refractivity contribution in [3.8, 4) is 0 Å². The first kappa shape index (κ1) is 10.2. The van der Waals surface area contributed by atoms with Gasteiger partial charge in [0.15, 0.2) is 0 Å². The van der Waals surface area contributed by atoms with Crippen LogP contribution in [0.1, 0.15) is 0 Å². The number of carbonyl (C=O) groups is 2. The van der Waals surface area contributed by atoms with Gasteiger partial charge in [0.1, 0.15) is 6.04 Å². The van der Waals surface area contributed by atoms with Crippen molar-refractivity contribution in [1.29, 1.82) is 0 Å². The molecule has 0 unspecified atom stereocenters. The summed E-state index contributed by atoms with van der Waals surface area (Å²) >= 11 is 0.992. The minimum absolute atomic E-state index is 0.110. The lowest BCUT2D eigenvalue weighted by molar-refractivity contribution is -0.138. The van der Waals surface area contributed by atoms with Crippen molar-refractivity contribution >= 4 is 23.7 Å². The molecule has 0 saturated heterocycles. The second-order valence-corrected chi connectivity index (χ2v) is 2.88. The number of nitrogens with two attached hydrogens (primary N) is 1. The molecule has 64 valence electrons. The Labute approximate surface area is 67.6 Å². The van der Waals surface area contributed by atoms with E-state index in [0.29, 0.717) is 0 Å². The van der Waals surface area contributed by atoms with Crippen LogP contribution < -0.4 is 5.73 Å². The Bertz CT molecular complexity index is 161. The van der Waals surface area contributed by atoms with Gasteiger partial charge in [-0.05, 0) is 0 Å². The fourth-order valence-corrected chi connectivity index (χ4v) is 1.03. The molecule has 1 atom stereocenters. The van der Waals surface area contributed by atoms with Gasteiger partial charge in [0, 0.05) is 5.75 Å². The Morgan fingerprint density at radius 3 is 2.36 bits per heavy atom. The van der Waals surface area contributed by atoms with Gasteiger partial charge in [0.05, 0.1) is 5.75 Å². The average Bonchev–Trinajstić information content (AvgIpc) is 1.86. The van der Waals surface area contributed by atoms with Crippen LogP contribution in [0.4, 0.5) is 0 Å². The predicted octanol–water partition coefficient (Wildman–Crippen LogP) is -0.784. The first-order chi connectivity index (χ1) is 5.04. The maximum absolute atomic E-state index is 10.1. The molecule has 0 fully saturated rings. The molecule has 0 radical (unpaired) electrons. The highest BCUT2D eigenvalue weighted by molar-refractivity contribution is 8.00. The van der Waals surface area contributed by atoms with E-state index >= 15 is 0 Å². The van der Waals surface area contributed by atoms with E-state index in [4.69, 9.17) is 15.9 Å². The van der Waals surface area contributed by atoms with Gasteiger partial charge >= 0.3 is 11.9 Å². The van der Waals surface area contributed by atoms with Gasteiger partial charge in [0.2, 0.25) is 0 Å². The summed E-state index contributed by atoms with van der Waals surface area (Å²) in [6.07, 6.45) is 0. The van der Waals surface area contributed by atoms with Gasteiger partial charge in [0.25, 0.3) is 0 Å². The SMILES string of the molecule is N[13C@@H]([13CH2]SCC(=O)O)[13C](=O)O. The molecule has 0 amide bonds. The zero-order chi connectivity index (χ0) is 8.85. The molecule has 0 aliphatic rings. The van der Waals surface area contributed by atoms with Crippen LogP contribution in [0.15, 0.2) is 0 Å². The standard InChI is InChI=1S/C5H9NO4S/c6-3(5(9)10)1-11-2-4(7)8/h3H,1-2,6H2,(H,7,8)(H,9,10)/t3-/m0/s1/i1+1,3+1,5+1. The zero-order valence-electron chi connectivity index (χ0n) is 5.69. The minimum atomic E-state index is -1.11. The van der Waals surface area contributed by atoms with E-state index in [2.05, 4.69) is 0 Å². The van der Waals surface area contributed by atoms with E-state index in [0.717, 1.165) is 11.8 Å². The van der Waals surface area contributed by atoms with Crippen molar-refractivity contribution in [2.75, 3.05) is 11.5 Å². The lowest BCUT2D eigenvalue weighted by Crippen LogP contribution is -2.32. The van der Waals surface area contributed by atoms with Gasteiger partial charge in [-0.25, -0.2) is 0 Å². The van der Waals surface area contributed by atoms with E-state index < -0.39 is 18.0 Å². The smallest absolute Gasteiger partial charge is 0.321 e. The Morgan fingerprint density at radius 2 is 2.00 bits per heavy atom. The van der Waals surface area contributed by atoms with E-state index in [1.165, 1.54) is 0 Å². The van der Waals surface area contributed by atoms with Crippen LogP contribution >= 0.6 is 11.8 Å². The van der Waals surface area contributed by atoms with Crippen LogP contribution in [-0.2, 0) is 9.59 Å². The van der Waals surface area contributed by atoms with Crippen molar-refractivity contribution in [3.05, 3.63) is 0 Å². The second kappa shape index (κ2) is 4.97. The number of hydrogen-bond acceptors (Lipinski definition) is 4. The first-order valence-corrected chi connectivity index (χ1v) is 3.97. The quantitative estimate of drug-likeness (QED) is 0.482. The van der Waals surface area contributed by atoms with Gasteiger partial charge in [-0.1, -0.05) is 0 Å². The van der Waals surface area contributed by atoms with Crippen molar-refractivity contribution in [2.24, 2.45) is 5.73 Å². The van der Waals surface area contributed by atoms with Crippen molar-refractivity contribution in [3.63, 3.8) is 0 Å². The lowest BCUT2D eigenvalue weighted by Gasteiger charge is -2.02. The lowest BCUT2D eigenvalue weighted by atomic mass is 10.8. The van der Waals surface area contributed by atoms with Crippen LogP contribution in [0, 0.1) is 0 Å². The molecule has 0 bridgehead atoms. The molecule has 0 aromatic carbocycles. The summed E-state index contributed by atoms with van der Waals surface area (Å²) in [6.45, 7) is 0. The highest BCUT2D eigenvalue weighted by Crippen LogP contribution is 2.00. The minimum Gasteiger partial charge on any atom is -0.481 e. The fraction of sp³-hybridized carbons (Fsp3) is 0.600. The molecule has 11 heavy (non-hydrogen) atoms. The number of carboxylic acid groups (broad SMARTS) is 2. The molecular formula is C5H9NO4S. The normalized spacial score (nSPS) is 12.5. The molecule has 0 aromatic heterocycles. The summed E-state index contributed by atoms with van der Waals surface area (Å²) in [4.78, 5) is 20.0. The number of thioether (sulfide) groups is 1. The van der Waals surface area contributed by atoms with E-state index in [9.17, 15) is 9.59 Å². The molecule has 0 aromatic rings. The third kappa shape index (κ3) is 5.68. The third-order valence-corrected chi connectivity index (χ3v) is 1.89. The number of aliphatic carboxylic acids is 2. The Hall–Kier alpha value is -0.750. The molecule has 4 N–H and O–H groups in total. The monoisotopic (exact) mass is 182 g/mol. The van der Waals surface area contributed by atoms with Gasteiger partial charge in [-0.2, -0.15) is 0 Å². The summed E-state index contributed by atoms with van der Waals surface area (Å²) in [6, 6.07) is -0.973. The topological polar surface area (TPSA) is 101 Å². The van der Waals surface area contributed by atoms with Crippen molar-refractivity contribution in [2.45, 2.75) is 6.04 Å². The summed E-state index contributed by atoms with van der Waals surface area (Å²) in [5, 5.41) is 16.4. The first-order valence-electron chi connectivity index (χ1n) is 2.82. The van der Waals surface area contributed by atoms with Crippen LogP contribution in [0.3, 0.4) is 0 Å². The van der Waals surface area contributed by atoms with E-state index in [1.807, 2.05) is 0 Å². The Morgan fingerprint density at radius 1 is 1.45 bits per heavy atom. The Kier molecular flexibility index (Phi) is 4.64. The largest absolute Gasteiger partial charge is 0.481 e. The molecule has 0 rings (SSSR count). The van der Waals surface area contributed by atoms with Crippen molar-refractivity contribution < 1.29 is 19.8 Å². The molecule has 0 aliphatic carbocycles. The molecule has 0 spiro atoms. The molecule has 6 heteroatoms. The number of rotatable bonds is 5. The van der Waals surface area contributed by atoms with E-state index in [-0.39, 0.29) is 11.5 Å². The second-order valence-electron chi connectivity index (χ2n) is 1.85. The predicted molar refractivity (Wildman–Crippen MR) is 40.6 cm³/mol. The highest BCUT2D eigenvalue weighted by atomic mass is 32.2. The maximum atomic E-state index is 10.1. The van der Waals surface area contributed by atoms with Crippen LogP contribution in [-0.4, -0.2) is 39.7 Å². The fourth-order valence-electron chi connectivity index (χ4n) is 0.344. The molecule has 0 aliphatic heterocycles. The third-order valence-electron chi connectivity index (χ3n) is 0.840. The number of hydrogen-bond donors (Lipinski definition) is 3. The number of carboxylic acids is 2. The molecule has 5 nitrogen and oxygen atoms in total. The van der Waals surface area contributed by atoms with Gasteiger partial charge in [-0.15, -0.1) is 11.8 Å². The summed E-state index contributed by atoms with van der Waals surface area (Å²) in [5.41, 5.74) is 5.09. The van der Waals surface area contributed by atoms with E-state index in [1.54, 1.807) is 0 Å². The molecule has 0 saturated carbocycles. The Balaban J connectivity index is 3.39. The van der Waals surface area contributed by atoms with Crippen LogP contribution in [0.5, 0.6) is 0 Å². The summed E-state index contributed by atoms with van der Waals surface area (Å²) in [7, 11) is 0. The summed E-state index contributed by atoms with van der Waals surface area (Å²) in [5.74, 6) is -2.06. The zero-order valence-corrected chi connectivity index (χ0v) is 6.50. The van der Waals surface area contributed by atoms with Gasteiger partial charge < -0.3 is 15.9 Å². The van der Waals surface area contributed by atoms with Crippen molar-refractivity contribution in [1.82, 2.24) is 0 Å². The van der Waals surface area contributed by atoms with Gasteiger partial charge in [-0.3, -0.25) is 9.59 Å². The average molecular weight is 182 g/mol.